The molecule has 1 N–H and O–H groups in total. The predicted octanol–water partition coefficient (Wildman–Crippen LogP) is 2.52. The van der Waals surface area contributed by atoms with Crippen molar-refractivity contribution in [3.8, 4) is 0 Å². The lowest BCUT2D eigenvalue weighted by atomic mass is 10.2. The van der Waals surface area contributed by atoms with E-state index in [0.717, 1.165) is 18.7 Å². The molecule has 0 aliphatic heterocycles. The van der Waals surface area contributed by atoms with Gasteiger partial charge in [-0.1, -0.05) is 25.1 Å². The summed E-state index contributed by atoms with van der Waals surface area (Å²) in [6.07, 6.45) is 1.07. The van der Waals surface area contributed by atoms with E-state index in [1.165, 1.54) is 0 Å². The number of ether oxygens (including phenoxy) is 1. The highest BCUT2D eigenvalue weighted by Gasteiger charge is 2.03. The van der Waals surface area contributed by atoms with Gasteiger partial charge in [0.15, 0.2) is 0 Å². The Hall–Kier alpha value is -1.02. The maximum atomic E-state index is 5.10. The van der Waals surface area contributed by atoms with Crippen molar-refractivity contribution in [2.24, 2.45) is 0 Å². The number of benzene rings is 1. The van der Waals surface area contributed by atoms with Gasteiger partial charge in [-0.15, -0.1) is 0 Å². The summed E-state index contributed by atoms with van der Waals surface area (Å²) in [4.78, 5) is 0. The molecule has 1 aromatic carbocycles. The van der Waals surface area contributed by atoms with Crippen LogP contribution in [0.25, 0.3) is 0 Å². The van der Waals surface area contributed by atoms with Gasteiger partial charge in [0.05, 0.1) is 6.61 Å². The monoisotopic (exact) mass is 179 g/mol. The number of para-hydroxylation sites is 1. The van der Waals surface area contributed by atoms with Crippen molar-refractivity contribution in [3.63, 3.8) is 0 Å². The van der Waals surface area contributed by atoms with Crippen LogP contribution < -0.4 is 5.32 Å². The Morgan fingerprint density at radius 1 is 1.31 bits per heavy atom. The molecule has 0 amide bonds. The van der Waals surface area contributed by atoms with E-state index in [-0.39, 0.29) is 0 Å². The van der Waals surface area contributed by atoms with Crippen molar-refractivity contribution in [2.75, 3.05) is 19.0 Å². The molecular weight excluding hydrogens is 162 g/mol. The van der Waals surface area contributed by atoms with Crippen LogP contribution >= 0.6 is 0 Å². The van der Waals surface area contributed by atoms with Gasteiger partial charge < -0.3 is 10.1 Å². The molecule has 0 fully saturated rings. The number of hydrogen-bond donors (Lipinski definition) is 1. The van der Waals surface area contributed by atoms with Crippen LogP contribution in [0.2, 0.25) is 0 Å². The third-order valence-electron chi connectivity index (χ3n) is 2.01. The van der Waals surface area contributed by atoms with Gasteiger partial charge in [-0.3, -0.25) is 0 Å². The van der Waals surface area contributed by atoms with Crippen LogP contribution in [0, 0.1) is 0 Å². The van der Waals surface area contributed by atoms with E-state index in [0.29, 0.717) is 6.04 Å². The highest BCUT2D eigenvalue weighted by atomic mass is 16.5. The molecule has 13 heavy (non-hydrogen) atoms. The zero-order valence-electron chi connectivity index (χ0n) is 8.29. The molecule has 0 saturated carbocycles. The highest BCUT2D eigenvalue weighted by molar-refractivity contribution is 5.43. The molecule has 2 heteroatoms. The van der Waals surface area contributed by atoms with Gasteiger partial charge in [0.25, 0.3) is 0 Å². The Kier molecular flexibility index (Phi) is 4.33. The molecule has 0 spiro atoms. The molecule has 1 rings (SSSR count). The average molecular weight is 179 g/mol. The maximum Gasteiger partial charge on any atom is 0.0663 e. The summed E-state index contributed by atoms with van der Waals surface area (Å²) in [6, 6.07) is 10.6. The predicted molar refractivity (Wildman–Crippen MR) is 56.0 cm³/mol. The minimum Gasteiger partial charge on any atom is -0.383 e. The van der Waals surface area contributed by atoms with Crippen LogP contribution in [-0.2, 0) is 4.74 Å². The molecular formula is C11H17NO. The lowest BCUT2D eigenvalue weighted by molar-refractivity contribution is 0.184. The van der Waals surface area contributed by atoms with Gasteiger partial charge in [-0.25, -0.2) is 0 Å². The topological polar surface area (TPSA) is 21.3 Å². The molecule has 1 atom stereocenters. The summed E-state index contributed by atoms with van der Waals surface area (Å²) in [5, 5.41) is 3.40. The molecule has 0 saturated heterocycles. The molecule has 0 aliphatic carbocycles. The van der Waals surface area contributed by atoms with Crippen molar-refractivity contribution in [1.82, 2.24) is 0 Å². The van der Waals surface area contributed by atoms with E-state index in [2.05, 4.69) is 24.4 Å². The smallest absolute Gasteiger partial charge is 0.0663 e. The Morgan fingerprint density at radius 2 is 2.00 bits per heavy atom. The molecule has 1 unspecified atom stereocenters. The number of nitrogens with one attached hydrogen (secondary N) is 1. The van der Waals surface area contributed by atoms with E-state index >= 15 is 0 Å². The quantitative estimate of drug-likeness (QED) is 0.750. The fourth-order valence-corrected chi connectivity index (χ4v) is 1.23. The van der Waals surface area contributed by atoms with Crippen LogP contribution in [0.4, 0.5) is 5.69 Å². The Balaban J connectivity index is 2.46. The van der Waals surface area contributed by atoms with Crippen LogP contribution in [-0.4, -0.2) is 19.8 Å². The Labute approximate surface area is 79.9 Å². The van der Waals surface area contributed by atoms with E-state index in [9.17, 15) is 0 Å². The molecule has 2 nitrogen and oxygen atoms in total. The van der Waals surface area contributed by atoms with E-state index < -0.39 is 0 Å². The zero-order valence-corrected chi connectivity index (χ0v) is 8.29. The van der Waals surface area contributed by atoms with Gasteiger partial charge >= 0.3 is 0 Å². The lowest BCUT2D eigenvalue weighted by Crippen LogP contribution is -2.23. The summed E-state index contributed by atoms with van der Waals surface area (Å²) in [6.45, 7) is 2.91. The van der Waals surface area contributed by atoms with Gasteiger partial charge in [0.1, 0.15) is 0 Å². The number of hydrogen-bond acceptors (Lipinski definition) is 2. The lowest BCUT2D eigenvalue weighted by Gasteiger charge is -2.16. The van der Waals surface area contributed by atoms with Crippen LogP contribution in [0.5, 0.6) is 0 Å². The average Bonchev–Trinajstić information content (AvgIpc) is 2.19. The SMILES string of the molecule is CCC(COC)Nc1ccccc1. The summed E-state index contributed by atoms with van der Waals surface area (Å²) in [5.41, 5.74) is 1.16. The second-order valence-electron chi connectivity index (χ2n) is 3.07. The van der Waals surface area contributed by atoms with Gasteiger partial charge in [0, 0.05) is 18.8 Å². The van der Waals surface area contributed by atoms with Gasteiger partial charge in [-0.05, 0) is 18.6 Å². The van der Waals surface area contributed by atoms with Crippen molar-refractivity contribution in [1.29, 1.82) is 0 Å². The number of methoxy groups -OCH3 is 1. The fourth-order valence-electron chi connectivity index (χ4n) is 1.23. The van der Waals surface area contributed by atoms with Crippen LogP contribution in [0.3, 0.4) is 0 Å². The highest BCUT2D eigenvalue weighted by Crippen LogP contribution is 2.08. The summed E-state index contributed by atoms with van der Waals surface area (Å²) >= 11 is 0. The molecule has 0 radical (unpaired) electrons. The van der Waals surface area contributed by atoms with Crippen molar-refractivity contribution >= 4 is 5.69 Å². The summed E-state index contributed by atoms with van der Waals surface area (Å²) in [5.74, 6) is 0. The maximum absolute atomic E-state index is 5.10. The van der Waals surface area contributed by atoms with Crippen LogP contribution in [0.1, 0.15) is 13.3 Å². The Bertz CT molecular complexity index is 223. The minimum absolute atomic E-state index is 0.410. The summed E-state index contributed by atoms with van der Waals surface area (Å²) in [7, 11) is 1.73. The van der Waals surface area contributed by atoms with Crippen LogP contribution in [0.15, 0.2) is 30.3 Å². The Morgan fingerprint density at radius 3 is 2.54 bits per heavy atom. The first-order valence-electron chi connectivity index (χ1n) is 4.67. The van der Waals surface area contributed by atoms with Gasteiger partial charge in [-0.2, -0.15) is 0 Å². The molecule has 72 valence electrons. The van der Waals surface area contributed by atoms with Crippen molar-refractivity contribution in [2.45, 2.75) is 19.4 Å². The molecule has 0 aliphatic rings. The van der Waals surface area contributed by atoms with E-state index in [1.54, 1.807) is 7.11 Å². The zero-order chi connectivity index (χ0) is 9.52. The standard InChI is InChI=1S/C11H17NO/c1-3-10(9-13-2)12-11-7-5-4-6-8-11/h4-8,10,12H,3,9H2,1-2H3. The normalized spacial score (nSPS) is 12.5. The van der Waals surface area contributed by atoms with Crippen molar-refractivity contribution < 1.29 is 4.74 Å². The number of rotatable bonds is 5. The first kappa shape index (κ1) is 10.1. The first-order chi connectivity index (χ1) is 6.36. The minimum atomic E-state index is 0.410. The third-order valence-corrected chi connectivity index (χ3v) is 2.01. The van der Waals surface area contributed by atoms with Crippen molar-refractivity contribution in [3.05, 3.63) is 30.3 Å². The molecule has 0 bridgehead atoms. The molecule has 1 aromatic rings. The third kappa shape index (κ3) is 3.47. The second-order valence-corrected chi connectivity index (χ2v) is 3.07. The second kappa shape index (κ2) is 5.60. The first-order valence-corrected chi connectivity index (χ1v) is 4.67. The molecule has 0 heterocycles. The summed E-state index contributed by atoms with van der Waals surface area (Å²) < 4.78 is 5.10. The van der Waals surface area contributed by atoms with E-state index in [1.807, 2.05) is 18.2 Å². The van der Waals surface area contributed by atoms with E-state index in [4.69, 9.17) is 4.74 Å². The number of anilines is 1. The largest absolute Gasteiger partial charge is 0.383 e. The van der Waals surface area contributed by atoms with Gasteiger partial charge in [0.2, 0.25) is 0 Å². The fraction of sp³-hybridized carbons (Fsp3) is 0.455. The molecule has 0 aromatic heterocycles.